The lowest BCUT2D eigenvalue weighted by atomic mass is 10.2. The van der Waals surface area contributed by atoms with Gasteiger partial charge in [-0.3, -0.25) is 4.90 Å². The molecule has 1 fully saturated rings. The second kappa shape index (κ2) is 6.03. The number of hydrogen-bond acceptors (Lipinski definition) is 7. The Balaban J connectivity index is 2.23. The number of piperazine rings is 1. The van der Waals surface area contributed by atoms with E-state index in [9.17, 15) is 0 Å². The molecule has 1 aromatic rings. The van der Waals surface area contributed by atoms with E-state index in [-0.39, 0.29) is 0 Å². The van der Waals surface area contributed by atoms with Crippen molar-refractivity contribution in [2.45, 2.75) is 19.9 Å². The predicted octanol–water partition coefficient (Wildman–Crippen LogP) is 0.301. The van der Waals surface area contributed by atoms with Crippen molar-refractivity contribution in [1.29, 1.82) is 0 Å². The smallest absolute Gasteiger partial charge is 0.205 e. The predicted molar refractivity (Wildman–Crippen MR) is 75.3 cm³/mol. The number of likely N-dealkylation sites (N-methyl/N-ethyl adjacent to an activating group) is 1. The summed E-state index contributed by atoms with van der Waals surface area (Å²) in [6.45, 7) is 8.36. The minimum atomic E-state index is 0.493. The fraction of sp³-hybridized carbons (Fsp3) is 0.667. The molecular formula is C12H22N6O. The highest BCUT2D eigenvalue weighted by Crippen LogP contribution is 2.32. The first-order valence-electron chi connectivity index (χ1n) is 6.55. The number of nitrogens with two attached hydrogens (primary N) is 1. The number of ether oxygens (including phenoxy) is 1. The summed E-state index contributed by atoms with van der Waals surface area (Å²) >= 11 is 0. The number of aromatic nitrogens is 2. The van der Waals surface area contributed by atoms with Crippen molar-refractivity contribution >= 4 is 11.6 Å². The van der Waals surface area contributed by atoms with Crippen LogP contribution < -0.4 is 20.9 Å². The van der Waals surface area contributed by atoms with E-state index in [0.717, 1.165) is 32.0 Å². The van der Waals surface area contributed by atoms with Crippen molar-refractivity contribution in [3.05, 3.63) is 6.33 Å². The SMILES string of the molecule is CCN1CCN(c2ncnc(NN)c2OC)CC1C. The van der Waals surface area contributed by atoms with Gasteiger partial charge in [0.15, 0.2) is 11.6 Å². The van der Waals surface area contributed by atoms with E-state index in [1.807, 2.05) is 0 Å². The zero-order valence-corrected chi connectivity index (χ0v) is 11.8. The third kappa shape index (κ3) is 2.71. The molecule has 2 rings (SSSR count). The molecule has 7 heteroatoms. The molecule has 1 aliphatic heterocycles. The standard InChI is InChI=1S/C12H22N6O/c1-4-17-5-6-18(7-9(17)2)12-10(19-3)11(16-13)14-8-15-12/h8-9H,4-7,13H2,1-3H3,(H,14,15,16). The van der Waals surface area contributed by atoms with Crippen LogP contribution in [0.2, 0.25) is 0 Å². The van der Waals surface area contributed by atoms with Gasteiger partial charge in [0.2, 0.25) is 5.75 Å². The zero-order chi connectivity index (χ0) is 13.8. The van der Waals surface area contributed by atoms with Crippen molar-refractivity contribution < 1.29 is 4.74 Å². The first-order chi connectivity index (χ1) is 9.21. The number of nitrogen functional groups attached to an aromatic ring is 1. The quantitative estimate of drug-likeness (QED) is 0.599. The summed E-state index contributed by atoms with van der Waals surface area (Å²) in [7, 11) is 1.61. The number of hydrazine groups is 1. The first kappa shape index (κ1) is 13.8. The average molecular weight is 266 g/mol. The van der Waals surface area contributed by atoms with Gasteiger partial charge in [0.1, 0.15) is 6.33 Å². The molecule has 0 aliphatic carbocycles. The number of hydrogen-bond donors (Lipinski definition) is 2. The molecule has 0 bridgehead atoms. The lowest BCUT2D eigenvalue weighted by molar-refractivity contribution is 0.198. The van der Waals surface area contributed by atoms with E-state index in [2.05, 4.69) is 39.0 Å². The van der Waals surface area contributed by atoms with Gasteiger partial charge in [-0.15, -0.1) is 0 Å². The molecule has 19 heavy (non-hydrogen) atoms. The Kier molecular flexibility index (Phi) is 4.39. The van der Waals surface area contributed by atoms with Crippen molar-refractivity contribution in [3.8, 4) is 5.75 Å². The Labute approximate surface area is 113 Å². The van der Waals surface area contributed by atoms with Crippen molar-refractivity contribution in [2.24, 2.45) is 5.84 Å². The lowest BCUT2D eigenvalue weighted by Crippen LogP contribution is -2.52. The van der Waals surface area contributed by atoms with Gasteiger partial charge in [0.05, 0.1) is 7.11 Å². The number of methoxy groups -OCH3 is 1. The van der Waals surface area contributed by atoms with E-state index < -0.39 is 0 Å². The summed E-state index contributed by atoms with van der Waals surface area (Å²) in [5.41, 5.74) is 2.54. The molecule has 0 saturated carbocycles. The molecule has 1 aromatic heterocycles. The van der Waals surface area contributed by atoms with Gasteiger partial charge in [0, 0.05) is 25.7 Å². The van der Waals surface area contributed by atoms with Crippen LogP contribution in [0.5, 0.6) is 5.75 Å². The van der Waals surface area contributed by atoms with Gasteiger partial charge < -0.3 is 15.1 Å². The molecule has 2 heterocycles. The third-order valence-electron chi connectivity index (χ3n) is 3.60. The molecule has 0 spiro atoms. The van der Waals surface area contributed by atoms with E-state index >= 15 is 0 Å². The largest absolute Gasteiger partial charge is 0.490 e. The molecule has 106 valence electrons. The Morgan fingerprint density at radius 2 is 2.26 bits per heavy atom. The van der Waals surface area contributed by atoms with Gasteiger partial charge in [-0.05, 0) is 13.5 Å². The molecule has 0 amide bonds. The maximum Gasteiger partial charge on any atom is 0.205 e. The number of rotatable bonds is 4. The monoisotopic (exact) mass is 266 g/mol. The highest BCUT2D eigenvalue weighted by molar-refractivity contribution is 5.64. The summed E-state index contributed by atoms with van der Waals surface area (Å²) in [5, 5.41) is 0. The van der Waals surface area contributed by atoms with Crippen LogP contribution in [0.1, 0.15) is 13.8 Å². The van der Waals surface area contributed by atoms with Crippen LogP contribution in [0, 0.1) is 0 Å². The van der Waals surface area contributed by atoms with E-state index in [0.29, 0.717) is 17.6 Å². The summed E-state index contributed by atoms with van der Waals surface area (Å²) in [5.74, 6) is 7.36. The van der Waals surface area contributed by atoms with Gasteiger partial charge in [-0.25, -0.2) is 15.8 Å². The fourth-order valence-corrected chi connectivity index (χ4v) is 2.54. The molecule has 1 unspecified atom stereocenters. The zero-order valence-electron chi connectivity index (χ0n) is 11.8. The maximum atomic E-state index is 5.45. The Morgan fingerprint density at radius 1 is 1.47 bits per heavy atom. The van der Waals surface area contributed by atoms with Gasteiger partial charge in [-0.1, -0.05) is 6.92 Å². The second-order valence-corrected chi connectivity index (χ2v) is 4.65. The molecule has 0 radical (unpaired) electrons. The van der Waals surface area contributed by atoms with E-state index in [1.165, 1.54) is 6.33 Å². The minimum Gasteiger partial charge on any atom is -0.490 e. The Hall–Kier alpha value is -1.60. The number of nitrogens with zero attached hydrogens (tertiary/aromatic N) is 4. The lowest BCUT2D eigenvalue weighted by Gasteiger charge is -2.40. The van der Waals surface area contributed by atoms with Gasteiger partial charge in [0.25, 0.3) is 0 Å². The molecular weight excluding hydrogens is 244 g/mol. The number of nitrogens with one attached hydrogen (secondary N) is 1. The summed E-state index contributed by atoms with van der Waals surface area (Å²) < 4.78 is 5.39. The summed E-state index contributed by atoms with van der Waals surface area (Å²) in [6, 6.07) is 0.493. The van der Waals surface area contributed by atoms with E-state index in [1.54, 1.807) is 7.11 Å². The third-order valence-corrected chi connectivity index (χ3v) is 3.60. The summed E-state index contributed by atoms with van der Waals surface area (Å²) in [6.07, 6.45) is 1.50. The minimum absolute atomic E-state index is 0.493. The van der Waals surface area contributed by atoms with Crippen LogP contribution in [0.4, 0.5) is 11.6 Å². The van der Waals surface area contributed by atoms with Gasteiger partial charge in [-0.2, -0.15) is 0 Å². The fourth-order valence-electron chi connectivity index (χ4n) is 2.54. The summed E-state index contributed by atoms with van der Waals surface area (Å²) in [4.78, 5) is 13.1. The number of anilines is 2. The topological polar surface area (TPSA) is 79.5 Å². The van der Waals surface area contributed by atoms with Crippen LogP contribution in [-0.4, -0.2) is 54.2 Å². The molecule has 1 atom stereocenters. The van der Waals surface area contributed by atoms with Crippen LogP contribution in [0.25, 0.3) is 0 Å². The van der Waals surface area contributed by atoms with E-state index in [4.69, 9.17) is 10.6 Å². The highest BCUT2D eigenvalue weighted by Gasteiger charge is 2.26. The Bertz CT molecular complexity index is 427. The van der Waals surface area contributed by atoms with Crippen LogP contribution in [0.15, 0.2) is 6.33 Å². The Morgan fingerprint density at radius 3 is 2.84 bits per heavy atom. The van der Waals surface area contributed by atoms with Crippen LogP contribution >= 0.6 is 0 Å². The van der Waals surface area contributed by atoms with Crippen molar-refractivity contribution in [1.82, 2.24) is 14.9 Å². The first-order valence-corrected chi connectivity index (χ1v) is 6.55. The highest BCUT2D eigenvalue weighted by atomic mass is 16.5. The average Bonchev–Trinajstić information content (AvgIpc) is 2.46. The normalized spacial score (nSPS) is 20.4. The molecule has 0 aromatic carbocycles. The van der Waals surface area contributed by atoms with Crippen molar-refractivity contribution in [2.75, 3.05) is 43.6 Å². The molecule has 7 nitrogen and oxygen atoms in total. The molecule has 1 aliphatic rings. The van der Waals surface area contributed by atoms with Gasteiger partial charge >= 0.3 is 0 Å². The van der Waals surface area contributed by atoms with Crippen LogP contribution in [-0.2, 0) is 0 Å². The maximum absolute atomic E-state index is 5.45. The van der Waals surface area contributed by atoms with Crippen molar-refractivity contribution in [3.63, 3.8) is 0 Å². The second-order valence-electron chi connectivity index (χ2n) is 4.65. The molecule has 1 saturated heterocycles. The van der Waals surface area contributed by atoms with Crippen LogP contribution in [0.3, 0.4) is 0 Å². The molecule has 3 N–H and O–H groups in total.